The molecular weight excluding hydrogens is 361 g/mol. The van der Waals surface area contributed by atoms with Gasteiger partial charge in [0.25, 0.3) is 0 Å². The van der Waals surface area contributed by atoms with E-state index in [1.54, 1.807) is 25.3 Å². The summed E-state index contributed by atoms with van der Waals surface area (Å²) in [6.07, 6.45) is 1.32. The Labute approximate surface area is 156 Å². The predicted molar refractivity (Wildman–Crippen MR) is 103 cm³/mol. The molecule has 0 aliphatic carbocycles. The number of ether oxygens (including phenoxy) is 1. The molecule has 0 aromatic heterocycles. The van der Waals surface area contributed by atoms with Crippen molar-refractivity contribution in [2.45, 2.75) is 12.5 Å². The highest BCUT2D eigenvalue weighted by Gasteiger charge is 2.22. The zero-order valence-electron chi connectivity index (χ0n) is 13.8. The maximum Gasteiger partial charge on any atom is 0.323 e. The Morgan fingerprint density at radius 2 is 1.76 bits per heavy atom. The fourth-order valence-corrected chi connectivity index (χ4v) is 3.08. The molecule has 0 radical (unpaired) electrons. The summed E-state index contributed by atoms with van der Waals surface area (Å²) >= 11 is 11.8. The van der Waals surface area contributed by atoms with Crippen LogP contribution in [0.15, 0.2) is 42.5 Å². The largest absolute Gasteiger partial charge is 0.380 e. The summed E-state index contributed by atoms with van der Waals surface area (Å²) in [5.41, 5.74) is 2.41. The number of halogens is 2. The third kappa shape index (κ3) is 4.57. The van der Waals surface area contributed by atoms with E-state index in [9.17, 15) is 4.79 Å². The van der Waals surface area contributed by atoms with Crippen LogP contribution >= 0.6 is 23.2 Å². The highest BCUT2D eigenvalue weighted by atomic mass is 35.5. The van der Waals surface area contributed by atoms with Gasteiger partial charge >= 0.3 is 6.03 Å². The van der Waals surface area contributed by atoms with Crippen molar-refractivity contribution in [3.8, 4) is 0 Å². The van der Waals surface area contributed by atoms with E-state index in [1.807, 2.05) is 24.3 Å². The fraction of sp³-hybridized carbons (Fsp3) is 0.278. The summed E-state index contributed by atoms with van der Waals surface area (Å²) in [6.45, 7) is 1.87. The Bertz CT molecular complexity index is 752. The first-order chi connectivity index (χ1) is 12.0. The fourth-order valence-electron chi connectivity index (χ4n) is 2.78. The lowest BCUT2D eigenvalue weighted by Gasteiger charge is -2.18. The molecule has 1 aliphatic rings. The number of hydrogen-bond donors (Lipinski definition) is 2. The molecule has 0 bridgehead atoms. The zero-order valence-corrected chi connectivity index (χ0v) is 15.3. The van der Waals surface area contributed by atoms with Crippen molar-refractivity contribution in [2.75, 3.05) is 35.7 Å². The van der Waals surface area contributed by atoms with Gasteiger partial charge in [-0.25, -0.2) is 4.79 Å². The summed E-state index contributed by atoms with van der Waals surface area (Å²) < 4.78 is 5.39. The van der Waals surface area contributed by atoms with Crippen LogP contribution in [0.25, 0.3) is 0 Å². The van der Waals surface area contributed by atoms with Crippen molar-refractivity contribution in [2.24, 2.45) is 0 Å². The number of amides is 2. The lowest BCUT2D eigenvalue weighted by Crippen LogP contribution is -2.22. The van der Waals surface area contributed by atoms with Crippen LogP contribution in [0.5, 0.6) is 0 Å². The second-order valence-electron chi connectivity index (χ2n) is 5.85. The standard InChI is InChI=1S/C18H19Cl2N3O2/c1-25-15-8-9-23(11-15)14-5-2-12(3-6-14)21-18(24)22-13-4-7-16(19)17(20)10-13/h2-7,10,15H,8-9,11H2,1H3,(H2,21,22,24)/t15-/m0/s1. The van der Waals surface area contributed by atoms with E-state index in [0.717, 1.165) is 25.2 Å². The third-order valence-corrected chi connectivity index (χ3v) is 4.89. The zero-order chi connectivity index (χ0) is 17.8. The molecule has 1 fully saturated rings. The van der Waals surface area contributed by atoms with E-state index in [2.05, 4.69) is 15.5 Å². The normalized spacial score (nSPS) is 16.8. The number of nitrogens with zero attached hydrogens (tertiary/aromatic N) is 1. The molecule has 132 valence electrons. The van der Waals surface area contributed by atoms with Crippen LogP contribution in [0.4, 0.5) is 21.9 Å². The molecule has 1 saturated heterocycles. The van der Waals surface area contributed by atoms with Gasteiger partial charge in [0.1, 0.15) is 0 Å². The highest BCUT2D eigenvalue weighted by Crippen LogP contribution is 2.26. The molecule has 2 N–H and O–H groups in total. The van der Waals surface area contributed by atoms with E-state index in [4.69, 9.17) is 27.9 Å². The lowest BCUT2D eigenvalue weighted by molar-refractivity contribution is 0.121. The van der Waals surface area contributed by atoms with Crippen LogP contribution in [0, 0.1) is 0 Å². The average Bonchev–Trinajstić information content (AvgIpc) is 3.08. The van der Waals surface area contributed by atoms with Crippen molar-refractivity contribution < 1.29 is 9.53 Å². The number of methoxy groups -OCH3 is 1. The molecule has 25 heavy (non-hydrogen) atoms. The van der Waals surface area contributed by atoms with Gasteiger partial charge in [-0.15, -0.1) is 0 Å². The van der Waals surface area contributed by atoms with Gasteiger partial charge in [0.05, 0.1) is 16.1 Å². The molecular formula is C18H19Cl2N3O2. The maximum atomic E-state index is 12.1. The number of benzene rings is 2. The predicted octanol–water partition coefficient (Wildman–Crippen LogP) is 4.86. The third-order valence-electron chi connectivity index (χ3n) is 4.15. The minimum absolute atomic E-state index is 0.287. The maximum absolute atomic E-state index is 12.1. The van der Waals surface area contributed by atoms with Gasteiger partial charge in [-0.1, -0.05) is 23.2 Å². The number of nitrogens with one attached hydrogen (secondary N) is 2. The molecule has 2 aromatic rings. The van der Waals surface area contributed by atoms with E-state index < -0.39 is 0 Å². The SMILES string of the molecule is CO[C@H]1CCN(c2ccc(NC(=O)Nc3ccc(Cl)c(Cl)c3)cc2)C1. The lowest BCUT2D eigenvalue weighted by atomic mass is 10.2. The Morgan fingerprint density at radius 1 is 1.08 bits per heavy atom. The number of anilines is 3. The second kappa shape index (κ2) is 7.95. The van der Waals surface area contributed by atoms with Crippen molar-refractivity contribution in [1.29, 1.82) is 0 Å². The molecule has 0 unspecified atom stereocenters. The van der Waals surface area contributed by atoms with Gasteiger partial charge in [-0.3, -0.25) is 0 Å². The molecule has 7 heteroatoms. The Kier molecular flexibility index (Phi) is 5.68. The molecule has 5 nitrogen and oxygen atoms in total. The van der Waals surface area contributed by atoms with Crippen LogP contribution in [-0.2, 0) is 4.74 Å². The first kappa shape index (κ1) is 17.9. The van der Waals surface area contributed by atoms with Crippen molar-refractivity contribution in [3.05, 3.63) is 52.5 Å². The molecule has 1 atom stereocenters. The summed E-state index contributed by atoms with van der Waals surface area (Å²) in [5.74, 6) is 0. The summed E-state index contributed by atoms with van der Waals surface area (Å²) in [7, 11) is 1.74. The Hall–Kier alpha value is -1.95. The van der Waals surface area contributed by atoms with Gasteiger partial charge in [0.2, 0.25) is 0 Å². The molecule has 1 aliphatic heterocycles. The van der Waals surface area contributed by atoms with E-state index in [0.29, 0.717) is 21.4 Å². The molecule has 0 saturated carbocycles. The topological polar surface area (TPSA) is 53.6 Å². The van der Waals surface area contributed by atoms with E-state index in [1.165, 1.54) is 0 Å². The van der Waals surface area contributed by atoms with E-state index in [-0.39, 0.29) is 12.1 Å². The molecule has 1 heterocycles. The number of rotatable bonds is 4. The Balaban J connectivity index is 1.57. The van der Waals surface area contributed by atoms with Gasteiger partial charge in [-0.2, -0.15) is 0 Å². The molecule has 2 aromatic carbocycles. The molecule has 0 spiro atoms. The summed E-state index contributed by atoms with van der Waals surface area (Å²) in [5, 5.41) is 6.35. The molecule has 3 rings (SSSR count). The summed E-state index contributed by atoms with van der Waals surface area (Å²) in [6, 6.07) is 12.3. The van der Waals surface area contributed by atoms with Crippen molar-refractivity contribution in [1.82, 2.24) is 0 Å². The second-order valence-corrected chi connectivity index (χ2v) is 6.66. The number of carbonyl (C=O) groups is 1. The van der Waals surface area contributed by atoms with Crippen molar-refractivity contribution >= 4 is 46.3 Å². The van der Waals surface area contributed by atoms with E-state index >= 15 is 0 Å². The number of carbonyl (C=O) groups excluding carboxylic acids is 1. The first-order valence-corrected chi connectivity index (χ1v) is 8.71. The van der Waals surface area contributed by atoms with Crippen LogP contribution in [0.3, 0.4) is 0 Å². The number of urea groups is 1. The average molecular weight is 380 g/mol. The highest BCUT2D eigenvalue weighted by molar-refractivity contribution is 6.42. The monoisotopic (exact) mass is 379 g/mol. The van der Waals surface area contributed by atoms with Gasteiger partial charge in [-0.05, 0) is 48.9 Å². The van der Waals surface area contributed by atoms with Crippen LogP contribution < -0.4 is 15.5 Å². The van der Waals surface area contributed by atoms with Gasteiger partial charge in [0.15, 0.2) is 0 Å². The minimum atomic E-state index is -0.341. The number of hydrogen-bond acceptors (Lipinski definition) is 3. The molecule has 2 amide bonds. The Morgan fingerprint density at radius 3 is 2.40 bits per heavy atom. The quantitative estimate of drug-likeness (QED) is 0.796. The minimum Gasteiger partial charge on any atom is -0.380 e. The van der Waals surface area contributed by atoms with Gasteiger partial charge < -0.3 is 20.3 Å². The van der Waals surface area contributed by atoms with Gasteiger partial charge in [0, 0.05) is 37.3 Å². The first-order valence-electron chi connectivity index (χ1n) is 7.96. The smallest absolute Gasteiger partial charge is 0.323 e. The van der Waals surface area contributed by atoms with Crippen LogP contribution in [-0.4, -0.2) is 32.3 Å². The van der Waals surface area contributed by atoms with Crippen molar-refractivity contribution in [3.63, 3.8) is 0 Å². The summed E-state index contributed by atoms with van der Waals surface area (Å²) in [4.78, 5) is 14.3. The van der Waals surface area contributed by atoms with Crippen LogP contribution in [0.2, 0.25) is 10.0 Å². The van der Waals surface area contributed by atoms with Crippen LogP contribution in [0.1, 0.15) is 6.42 Å².